The van der Waals surface area contributed by atoms with E-state index in [0.29, 0.717) is 23.1 Å². The molecule has 0 fully saturated rings. The zero-order valence-electron chi connectivity index (χ0n) is 21.6. The van der Waals surface area contributed by atoms with Crippen molar-refractivity contribution in [1.29, 1.82) is 0 Å². The number of fused-ring (bicyclic) bond motifs is 1. The largest absolute Gasteiger partial charge is 0.495 e. The predicted molar refractivity (Wildman–Crippen MR) is 149 cm³/mol. The zero-order valence-corrected chi connectivity index (χ0v) is 21.6. The lowest BCUT2D eigenvalue weighted by Gasteiger charge is -2.24. The molecule has 0 spiro atoms. The first-order valence-corrected chi connectivity index (χ1v) is 12.2. The van der Waals surface area contributed by atoms with Gasteiger partial charge in [-0.3, -0.25) is 4.79 Å². The topological polar surface area (TPSA) is 84.3 Å². The van der Waals surface area contributed by atoms with Gasteiger partial charge in [-0.25, -0.2) is 14.4 Å². The van der Waals surface area contributed by atoms with Crippen LogP contribution in [0.25, 0.3) is 27.7 Å². The van der Waals surface area contributed by atoms with E-state index in [-0.39, 0.29) is 0 Å². The predicted octanol–water partition coefficient (Wildman–Crippen LogP) is 5.53. The molecule has 0 aliphatic carbocycles. The van der Waals surface area contributed by atoms with Crippen molar-refractivity contribution in [2.45, 2.75) is 6.42 Å². The van der Waals surface area contributed by atoms with E-state index in [4.69, 9.17) is 9.72 Å². The number of carbonyl (C=O) groups is 1. The number of methoxy groups -OCH3 is 1. The highest BCUT2D eigenvalue weighted by molar-refractivity contribution is 6.04. The Morgan fingerprint density at radius 3 is 2.68 bits per heavy atom. The Morgan fingerprint density at radius 2 is 1.95 bits per heavy atom. The maximum Gasteiger partial charge on any atom is 0.283 e. The molecular weight excluding hydrogens is 483 g/mol. The summed E-state index contributed by atoms with van der Waals surface area (Å²) in [7, 11) is 5.62. The first kappa shape index (κ1) is 25.2. The summed E-state index contributed by atoms with van der Waals surface area (Å²) < 4.78 is 21.4. The second kappa shape index (κ2) is 10.5. The van der Waals surface area contributed by atoms with Crippen LogP contribution in [0.4, 0.5) is 21.7 Å². The van der Waals surface area contributed by atoms with Crippen molar-refractivity contribution in [2.75, 3.05) is 37.9 Å². The number of ether oxygens (including phenoxy) is 1. The number of aromatic nitrogens is 3. The minimum atomic E-state index is -1.07. The molecule has 194 valence electrons. The van der Waals surface area contributed by atoms with Crippen LogP contribution in [0.15, 0.2) is 73.3 Å². The lowest BCUT2D eigenvalue weighted by molar-refractivity contribution is -0.114. The Balaban J connectivity index is 1.54. The first-order valence-electron chi connectivity index (χ1n) is 12.2. The van der Waals surface area contributed by atoms with Crippen molar-refractivity contribution < 1.29 is 13.9 Å². The van der Waals surface area contributed by atoms with Crippen LogP contribution < -0.4 is 15.4 Å². The number of likely N-dealkylation sites (N-methyl/N-ethyl adjacent to an activating group) is 1. The molecule has 1 aliphatic heterocycles. The van der Waals surface area contributed by atoms with Gasteiger partial charge in [0.1, 0.15) is 5.75 Å². The van der Waals surface area contributed by atoms with Gasteiger partial charge in [-0.05, 0) is 43.3 Å². The van der Waals surface area contributed by atoms with Gasteiger partial charge in [0.15, 0.2) is 5.83 Å². The number of nitrogens with zero attached hydrogens (tertiary/aromatic N) is 4. The van der Waals surface area contributed by atoms with E-state index in [9.17, 15) is 9.18 Å². The van der Waals surface area contributed by atoms with Crippen LogP contribution in [0.2, 0.25) is 0 Å². The second-order valence-electron chi connectivity index (χ2n) is 9.26. The fraction of sp³-hybridized carbons (Fsp3) is 0.207. The SMILES string of the molecule is C=C(F)C(=O)Nc1cc(Nc2nccc(-c3cn(C)c4ccccc34)n2)c(OC)cc1C1=CCN(C)CC1. The van der Waals surface area contributed by atoms with Gasteiger partial charge in [0.2, 0.25) is 5.95 Å². The number of nitrogens with one attached hydrogen (secondary N) is 2. The molecule has 2 N–H and O–H groups in total. The van der Waals surface area contributed by atoms with E-state index in [2.05, 4.69) is 49.9 Å². The number of amides is 1. The van der Waals surface area contributed by atoms with Crippen molar-refractivity contribution in [3.05, 3.63) is 78.9 Å². The molecule has 2 aromatic carbocycles. The molecule has 1 aliphatic rings. The van der Waals surface area contributed by atoms with Crippen LogP contribution >= 0.6 is 0 Å². The summed E-state index contributed by atoms with van der Waals surface area (Å²) in [6, 6.07) is 13.5. The lowest BCUT2D eigenvalue weighted by atomic mass is 9.97. The van der Waals surface area contributed by atoms with E-state index in [1.807, 2.05) is 44.6 Å². The number of anilines is 3. The number of hydrogen-bond acceptors (Lipinski definition) is 6. The monoisotopic (exact) mass is 512 g/mol. The van der Waals surface area contributed by atoms with Gasteiger partial charge in [-0.2, -0.15) is 0 Å². The molecule has 0 saturated carbocycles. The quantitative estimate of drug-likeness (QED) is 0.317. The van der Waals surface area contributed by atoms with Gasteiger partial charge in [0.05, 0.1) is 24.2 Å². The van der Waals surface area contributed by atoms with Crippen LogP contribution in [0.3, 0.4) is 0 Å². The summed E-state index contributed by atoms with van der Waals surface area (Å²) in [4.78, 5) is 23.6. The van der Waals surface area contributed by atoms with Gasteiger partial charge < -0.3 is 24.8 Å². The van der Waals surface area contributed by atoms with Gasteiger partial charge in [-0.1, -0.05) is 30.9 Å². The third-order valence-corrected chi connectivity index (χ3v) is 6.67. The lowest BCUT2D eigenvalue weighted by Crippen LogP contribution is -2.24. The third-order valence-electron chi connectivity index (χ3n) is 6.67. The molecule has 4 aromatic rings. The van der Waals surface area contributed by atoms with Crippen LogP contribution in [0.1, 0.15) is 12.0 Å². The zero-order chi connectivity index (χ0) is 26.8. The summed E-state index contributed by atoms with van der Waals surface area (Å²) in [6.45, 7) is 4.77. The average molecular weight is 513 g/mol. The van der Waals surface area contributed by atoms with Gasteiger partial charge in [-0.15, -0.1) is 0 Å². The Morgan fingerprint density at radius 1 is 1.13 bits per heavy atom. The Bertz CT molecular complexity index is 1570. The molecule has 0 saturated heterocycles. The maximum atomic E-state index is 13.6. The summed E-state index contributed by atoms with van der Waals surface area (Å²) in [6.07, 6.45) is 6.61. The highest BCUT2D eigenvalue weighted by atomic mass is 19.1. The maximum absolute atomic E-state index is 13.6. The third kappa shape index (κ3) is 5.01. The van der Waals surface area contributed by atoms with Crippen LogP contribution in [-0.4, -0.2) is 52.6 Å². The average Bonchev–Trinajstić information content (AvgIpc) is 3.26. The van der Waals surface area contributed by atoms with Gasteiger partial charge in [0, 0.05) is 54.6 Å². The van der Waals surface area contributed by atoms with Crippen LogP contribution in [0, 0.1) is 0 Å². The molecule has 0 unspecified atom stereocenters. The van der Waals surface area contributed by atoms with Crippen molar-refractivity contribution in [2.24, 2.45) is 7.05 Å². The molecule has 2 aromatic heterocycles. The summed E-state index contributed by atoms with van der Waals surface area (Å²) in [5.41, 5.74) is 5.62. The normalized spacial score (nSPS) is 13.7. The molecule has 0 atom stereocenters. The van der Waals surface area contributed by atoms with Crippen LogP contribution in [0.5, 0.6) is 5.75 Å². The number of carbonyl (C=O) groups excluding carboxylic acids is 1. The summed E-state index contributed by atoms with van der Waals surface area (Å²) >= 11 is 0. The molecule has 0 radical (unpaired) electrons. The first-order chi connectivity index (χ1) is 18.3. The molecule has 0 bridgehead atoms. The van der Waals surface area contributed by atoms with Crippen molar-refractivity contribution in [3.63, 3.8) is 0 Å². The van der Waals surface area contributed by atoms with Gasteiger partial charge in [0.25, 0.3) is 5.91 Å². The molecule has 9 heteroatoms. The Hall–Kier alpha value is -4.50. The Labute approximate surface area is 220 Å². The standard InChI is InChI=1S/C29H29FN6O2/c1-18(30)28(37)32-24-16-25(27(38-4)15-21(24)19-10-13-35(2)14-11-19)34-29-31-12-9-23(33-29)22-17-36(3)26-8-6-5-7-20(22)26/h5-10,12,15-17H,1,11,13-14H2,2-4H3,(H,32,37)(H,31,33,34). The number of hydrogen-bond donors (Lipinski definition) is 2. The highest BCUT2D eigenvalue weighted by Crippen LogP contribution is 2.38. The van der Waals surface area contributed by atoms with E-state index >= 15 is 0 Å². The molecule has 8 nitrogen and oxygen atoms in total. The summed E-state index contributed by atoms with van der Waals surface area (Å²) in [5.74, 6) is -1.07. The molecule has 1 amide bonds. The van der Waals surface area contributed by atoms with E-state index in [1.54, 1.807) is 19.4 Å². The highest BCUT2D eigenvalue weighted by Gasteiger charge is 2.20. The van der Waals surface area contributed by atoms with Crippen molar-refractivity contribution in [1.82, 2.24) is 19.4 Å². The number of rotatable bonds is 7. The number of benzene rings is 2. The second-order valence-corrected chi connectivity index (χ2v) is 9.26. The molecule has 5 rings (SSSR count). The smallest absolute Gasteiger partial charge is 0.283 e. The molecular formula is C29H29FN6O2. The van der Waals surface area contributed by atoms with Crippen molar-refractivity contribution in [3.8, 4) is 17.0 Å². The molecule has 38 heavy (non-hydrogen) atoms. The van der Waals surface area contributed by atoms with Gasteiger partial charge >= 0.3 is 0 Å². The fourth-order valence-electron chi connectivity index (χ4n) is 4.66. The number of para-hydroxylation sites is 1. The minimum Gasteiger partial charge on any atom is -0.495 e. The number of aryl methyl sites for hydroxylation is 1. The Kier molecular flexibility index (Phi) is 6.93. The summed E-state index contributed by atoms with van der Waals surface area (Å²) in [5, 5.41) is 6.96. The van der Waals surface area contributed by atoms with E-state index < -0.39 is 11.7 Å². The molecule has 3 heterocycles. The fourth-order valence-corrected chi connectivity index (χ4v) is 4.66. The van der Waals surface area contributed by atoms with E-state index in [0.717, 1.165) is 52.8 Å². The van der Waals surface area contributed by atoms with Crippen LogP contribution in [-0.2, 0) is 11.8 Å². The minimum absolute atomic E-state index is 0.354. The van der Waals surface area contributed by atoms with Crippen molar-refractivity contribution >= 4 is 39.7 Å². The number of halogens is 1. The van der Waals surface area contributed by atoms with E-state index in [1.165, 1.54) is 0 Å².